The summed E-state index contributed by atoms with van der Waals surface area (Å²) in [6.07, 6.45) is 0. The molecule has 0 aliphatic rings. The molecule has 0 bridgehead atoms. The summed E-state index contributed by atoms with van der Waals surface area (Å²) in [6, 6.07) is 57.7. The van der Waals surface area contributed by atoms with Gasteiger partial charge in [-0.25, -0.2) is 0 Å². The summed E-state index contributed by atoms with van der Waals surface area (Å²) in [5, 5.41) is 7.03. The van der Waals surface area contributed by atoms with Crippen molar-refractivity contribution in [1.29, 1.82) is 0 Å². The molecule has 2 nitrogen and oxygen atoms in total. The van der Waals surface area contributed by atoms with Crippen molar-refractivity contribution < 1.29 is 9.59 Å². The van der Waals surface area contributed by atoms with Gasteiger partial charge in [0.2, 0.25) is 10.2 Å². The SMILES string of the molecule is O=C(SCCSC(=O)c1ccccc1P(c1ccccc1)c1ccccc1)c1ccccc1P(c1ccccc1)c1ccccc1. The van der Waals surface area contributed by atoms with Gasteiger partial charge in [-0.15, -0.1) is 0 Å². The fraction of sp³-hybridized carbons (Fsp3) is 0.0500. The van der Waals surface area contributed by atoms with Crippen molar-refractivity contribution >= 4 is 81.4 Å². The van der Waals surface area contributed by atoms with Crippen LogP contribution in [-0.4, -0.2) is 21.7 Å². The molecule has 0 radical (unpaired) electrons. The zero-order valence-electron chi connectivity index (χ0n) is 25.1. The van der Waals surface area contributed by atoms with Gasteiger partial charge < -0.3 is 0 Å². The van der Waals surface area contributed by atoms with Crippen molar-refractivity contribution in [1.82, 2.24) is 0 Å². The first-order valence-corrected chi connectivity index (χ1v) is 19.7. The lowest BCUT2D eigenvalue weighted by atomic mass is 10.2. The predicted octanol–water partition coefficient (Wildman–Crippen LogP) is 7.65. The minimum atomic E-state index is -0.899. The van der Waals surface area contributed by atoms with E-state index in [1.165, 1.54) is 44.7 Å². The third-order valence-electron chi connectivity index (χ3n) is 7.34. The van der Waals surface area contributed by atoms with Gasteiger partial charge in [0.25, 0.3) is 0 Å². The Balaban J connectivity index is 1.17. The van der Waals surface area contributed by atoms with E-state index in [1.54, 1.807) is 0 Å². The fourth-order valence-electron chi connectivity index (χ4n) is 5.27. The molecule has 0 aliphatic heterocycles. The molecule has 6 aromatic rings. The van der Waals surface area contributed by atoms with E-state index in [2.05, 4.69) is 109 Å². The summed E-state index contributed by atoms with van der Waals surface area (Å²) in [6.45, 7) is 0. The molecule has 6 rings (SSSR count). The van der Waals surface area contributed by atoms with Crippen LogP contribution in [0.4, 0.5) is 0 Å². The molecular formula is C40H32O2P2S2. The van der Waals surface area contributed by atoms with E-state index in [0.29, 0.717) is 11.5 Å². The van der Waals surface area contributed by atoms with Crippen molar-refractivity contribution in [2.24, 2.45) is 0 Å². The Kier molecular flexibility index (Phi) is 11.3. The monoisotopic (exact) mass is 670 g/mol. The number of rotatable bonds is 11. The molecular weight excluding hydrogens is 639 g/mol. The van der Waals surface area contributed by atoms with Gasteiger partial charge in [0.05, 0.1) is 0 Å². The summed E-state index contributed by atoms with van der Waals surface area (Å²) in [4.78, 5) is 27.4. The second kappa shape index (κ2) is 16.2. The zero-order chi connectivity index (χ0) is 31.6. The van der Waals surface area contributed by atoms with Crippen LogP contribution in [0.3, 0.4) is 0 Å². The number of hydrogen-bond acceptors (Lipinski definition) is 4. The van der Waals surface area contributed by atoms with Crippen LogP contribution in [0, 0.1) is 0 Å². The van der Waals surface area contributed by atoms with Gasteiger partial charge in [-0.3, -0.25) is 9.59 Å². The highest BCUT2D eigenvalue weighted by Gasteiger charge is 2.24. The Morgan fingerprint density at radius 1 is 0.370 bits per heavy atom. The molecule has 0 amide bonds. The average molecular weight is 671 g/mol. The number of carbonyl (C=O) groups is 2. The van der Waals surface area contributed by atoms with Crippen LogP contribution in [0.1, 0.15) is 20.7 Å². The van der Waals surface area contributed by atoms with Crippen molar-refractivity contribution in [2.75, 3.05) is 11.5 Å². The third-order valence-corrected chi connectivity index (χ3v) is 14.4. The Bertz CT molecular complexity index is 1670. The Morgan fingerprint density at radius 2 is 0.630 bits per heavy atom. The molecule has 0 aliphatic carbocycles. The Labute approximate surface area is 282 Å². The molecule has 0 fully saturated rings. The standard InChI is InChI=1S/C40H32O2P2S2/c41-39(35-25-13-15-27-37(35)43(31-17-5-1-6-18-31)32-19-7-2-8-20-32)45-29-30-46-40(42)36-26-14-16-28-38(36)44(33-21-9-3-10-22-33)34-23-11-4-12-24-34/h1-28H,29-30H2. The topological polar surface area (TPSA) is 34.1 Å². The van der Waals surface area contributed by atoms with E-state index in [9.17, 15) is 9.59 Å². The smallest absolute Gasteiger partial charge is 0.220 e. The van der Waals surface area contributed by atoms with E-state index in [1.807, 2.05) is 60.7 Å². The van der Waals surface area contributed by atoms with E-state index in [4.69, 9.17) is 0 Å². The molecule has 6 aromatic carbocycles. The fourth-order valence-corrected chi connectivity index (χ4v) is 12.0. The quantitative estimate of drug-likeness (QED) is 0.105. The maximum atomic E-state index is 13.7. The first-order valence-electron chi connectivity index (χ1n) is 15.0. The van der Waals surface area contributed by atoms with Crippen molar-refractivity contribution in [2.45, 2.75) is 0 Å². The van der Waals surface area contributed by atoms with Gasteiger partial charge in [0.15, 0.2) is 0 Å². The molecule has 0 spiro atoms. The van der Waals surface area contributed by atoms with Gasteiger partial charge in [0, 0.05) is 22.6 Å². The molecule has 0 unspecified atom stereocenters. The van der Waals surface area contributed by atoms with E-state index in [0.717, 1.165) is 21.7 Å². The minimum absolute atomic E-state index is 0.0417. The first-order chi connectivity index (χ1) is 22.7. The second-order valence-electron chi connectivity index (χ2n) is 10.3. The lowest BCUT2D eigenvalue weighted by Gasteiger charge is -2.22. The van der Waals surface area contributed by atoms with E-state index >= 15 is 0 Å². The average Bonchev–Trinajstić information content (AvgIpc) is 3.12. The summed E-state index contributed by atoms with van der Waals surface area (Å²) < 4.78 is 0. The summed E-state index contributed by atoms with van der Waals surface area (Å²) in [7, 11) is -1.80. The third kappa shape index (κ3) is 7.77. The summed E-state index contributed by atoms with van der Waals surface area (Å²) in [5.41, 5.74) is 1.48. The van der Waals surface area contributed by atoms with Crippen LogP contribution in [0.25, 0.3) is 0 Å². The van der Waals surface area contributed by atoms with Gasteiger partial charge in [-0.1, -0.05) is 181 Å². The van der Waals surface area contributed by atoms with Crippen LogP contribution in [0.2, 0.25) is 0 Å². The highest BCUT2D eigenvalue weighted by molar-refractivity contribution is 8.17. The second-order valence-corrected chi connectivity index (χ2v) is 16.8. The highest BCUT2D eigenvalue weighted by Crippen LogP contribution is 2.36. The van der Waals surface area contributed by atoms with Gasteiger partial charge in [-0.2, -0.15) is 0 Å². The largest absolute Gasteiger partial charge is 0.282 e. The number of benzene rings is 6. The molecule has 0 atom stereocenters. The van der Waals surface area contributed by atoms with Crippen LogP contribution in [0.15, 0.2) is 170 Å². The van der Waals surface area contributed by atoms with E-state index in [-0.39, 0.29) is 10.2 Å². The maximum absolute atomic E-state index is 13.7. The molecule has 46 heavy (non-hydrogen) atoms. The lowest BCUT2D eigenvalue weighted by Crippen LogP contribution is -2.25. The van der Waals surface area contributed by atoms with Gasteiger partial charge in [0.1, 0.15) is 0 Å². The van der Waals surface area contributed by atoms with Crippen molar-refractivity contribution in [3.05, 3.63) is 181 Å². The molecule has 0 aromatic heterocycles. The van der Waals surface area contributed by atoms with Crippen molar-refractivity contribution in [3.63, 3.8) is 0 Å². The summed E-state index contributed by atoms with van der Waals surface area (Å²) in [5.74, 6) is 1.10. The maximum Gasteiger partial charge on any atom is 0.220 e. The molecule has 226 valence electrons. The summed E-state index contributed by atoms with van der Waals surface area (Å²) >= 11 is 2.59. The molecule has 0 saturated carbocycles. The number of carbonyl (C=O) groups excluding carboxylic acids is 2. The van der Waals surface area contributed by atoms with Gasteiger partial charge >= 0.3 is 0 Å². The number of hydrogen-bond donors (Lipinski definition) is 0. The molecule has 6 heteroatoms. The zero-order valence-corrected chi connectivity index (χ0v) is 28.5. The lowest BCUT2D eigenvalue weighted by molar-refractivity contribution is 0.108. The first kappa shape index (κ1) is 32.2. The predicted molar refractivity (Wildman–Crippen MR) is 204 cm³/mol. The minimum Gasteiger partial charge on any atom is -0.282 e. The van der Waals surface area contributed by atoms with E-state index < -0.39 is 15.8 Å². The molecule has 0 saturated heterocycles. The van der Waals surface area contributed by atoms with Crippen LogP contribution < -0.4 is 31.8 Å². The van der Waals surface area contributed by atoms with Crippen LogP contribution >= 0.6 is 39.4 Å². The normalized spacial score (nSPS) is 11.1. The Hall–Kier alpha value is -3.78. The van der Waals surface area contributed by atoms with Crippen molar-refractivity contribution in [3.8, 4) is 0 Å². The number of thioether (sulfide) groups is 2. The highest BCUT2D eigenvalue weighted by atomic mass is 32.2. The van der Waals surface area contributed by atoms with Gasteiger partial charge in [-0.05, 0) is 59.8 Å². The van der Waals surface area contributed by atoms with Crippen LogP contribution in [-0.2, 0) is 0 Å². The van der Waals surface area contributed by atoms with Crippen LogP contribution in [0.5, 0.6) is 0 Å². The molecule has 0 heterocycles. The Morgan fingerprint density at radius 3 is 0.935 bits per heavy atom. The molecule has 0 N–H and O–H groups in total.